The van der Waals surface area contributed by atoms with Gasteiger partial charge in [-0.25, -0.2) is 4.85 Å². The highest BCUT2D eigenvalue weighted by Crippen LogP contribution is 2.50. The van der Waals surface area contributed by atoms with Crippen molar-refractivity contribution >= 4 is 49.3 Å². The standard InChI is InChI=1S/C43H29F6N3/c1-23-9-13-35-27(17-23)28-18-24(2)10-14-36(28)51(35)39-21-31(41-32(42(44,45)46)7-6-8-34(41)50-5)33(43(47,48)49)22-40(39)52-37-15-11-25(3)19-29(37)30-20-26(4)12-16-38(30)52/h6-22H,1-4H3. The molecule has 0 aliphatic heterocycles. The first-order valence-electron chi connectivity index (χ1n) is 16.5. The molecular formula is C43H29F6N3. The predicted octanol–water partition coefficient (Wildman–Crippen LogP) is 13.4. The van der Waals surface area contributed by atoms with Crippen molar-refractivity contribution in [3.8, 4) is 22.5 Å². The number of alkyl halides is 6. The molecule has 0 amide bonds. The Morgan fingerprint density at radius 1 is 0.481 bits per heavy atom. The minimum absolute atomic E-state index is 0.123. The molecule has 0 atom stereocenters. The maximum Gasteiger partial charge on any atom is 0.417 e. The van der Waals surface area contributed by atoms with Crippen molar-refractivity contribution in [2.24, 2.45) is 0 Å². The van der Waals surface area contributed by atoms with E-state index in [4.69, 9.17) is 6.57 Å². The van der Waals surface area contributed by atoms with Crippen LogP contribution in [0, 0.1) is 34.3 Å². The van der Waals surface area contributed by atoms with Crippen molar-refractivity contribution in [3.05, 3.63) is 148 Å². The van der Waals surface area contributed by atoms with Crippen molar-refractivity contribution < 1.29 is 26.3 Å². The third-order valence-electron chi connectivity index (χ3n) is 9.79. The highest BCUT2D eigenvalue weighted by Gasteiger charge is 2.40. The zero-order valence-corrected chi connectivity index (χ0v) is 28.4. The number of hydrogen-bond acceptors (Lipinski definition) is 0. The third kappa shape index (κ3) is 5.12. The van der Waals surface area contributed by atoms with Crippen LogP contribution in [0.5, 0.6) is 0 Å². The molecule has 8 rings (SSSR count). The van der Waals surface area contributed by atoms with E-state index in [0.29, 0.717) is 22.1 Å². The Balaban J connectivity index is 1.64. The van der Waals surface area contributed by atoms with E-state index in [-0.39, 0.29) is 11.4 Å². The van der Waals surface area contributed by atoms with Crippen LogP contribution in [-0.2, 0) is 12.4 Å². The molecule has 0 aliphatic carbocycles. The average Bonchev–Trinajstić information content (AvgIpc) is 3.57. The molecule has 0 saturated carbocycles. The van der Waals surface area contributed by atoms with Crippen LogP contribution in [0.4, 0.5) is 32.0 Å². The van der Waals surface area contributed by atoms with Crippen molar-refractivity contribution in [1.82, 2.24) is 9.13 Å². The molecule has 8 aromatic rings. The van der Waals surface area contributed by atoms with Crippen molar-refractivity contribution in [2.45, 2.75) is 40.0 Å². The van der Waals surface area contributed by atoms with E-state index in [0.717, 1.165) is 68.1 Å². The van der Waals surface area contributed by atoms with Crippen LogP contribution in [-0.4, -0.2) is 9.13 Å². The van der Waals surface area contributed by atoms with Gasteiger partial charge in [-0.2, -0.15) is 26.3 Å². The van der Waals surface area contributed by atoms with Gasteiger partial charge in [0, 0.05) is 27.1 Å². The molecule has 2 heterocycles. The molecule has 0 unspecified atom stereocenters. The number of fused-ring (bicyclic) bond motifs is 6. The lowest BCUT2D eigenvalue weighted by Crippen LogP contribution is -2.14. The summed E-state index contributed by atoms with van der Waals surface area (Å²) in [6.07, 6.45) is -10.1. The van der Waals surface area contributed by atoms with Crippen molar-refractivity contribution in [1.29, 1.82) is 0 Å². The van der Waals surface area contributed by atoms with E-state index in [1.54, 1.807) is 4.57 Å². The van der Waals surface area contributed by atoms with Crippen LogP contribution >= 0.6 is 0 Å². The average molecular weight is 702 g/mol. The van der Waals surface area contributed by atoms with Gasteiger partial charge in [0.25, 0.3) is 0 Å². The summed E-state index contributed by atoms with van der Waals surface area (Å²) in [7, 11) is 0. The van der Waals surface area contributed by atoms with Gasteiger partial charge in [-0.1, -0.05) is 64.7 Å². The first-order chi connectivity index (χ1) is 24.7. The van der Waals surface area contributed by atoms with E-state index < -0.39 is 40.3 Å². The molecule has 0 radical (unpaired) electrons. The van der Waals surface area contributed by atoms with E-state index >= 15 is 13.2 Å². The summed E-state index contributed by atoms with van der Waals surface area (Å²) >= 11 is 0. The monoisotopic (exact) mass is 701 g/mol. The van der Waals surface area contributed by atoms with E-state index in [9.17, 15) is 13.2 Å². The first-order valence-corrected chi connectivity index (χ1v) is 16.5. The molecule has 0 fully saturated rings. The summed E-state index contributed by atoms with van der Waals surface area (Å²) < 4.78 is 93.9. The van der Waals surface area contributed by atoms with E-state index in [2.05, 4.69) is 4.85 Å². The third-order valence-corrected chi connectivity index (χ3v) is 9.79. The minimum atomic E-state index is -5.10. The fourth-order valence-electron chi connectivity index (χ4n) is 7.55. The lowest BCUT2D eigenvalue weighted by atomic mass is 9.91. The number of nitrogens with zero attached hydrogens (tertiary/aromatic N) is 3. The van der Waals surface area contributed by atoms with Gasteiger partial charge in [0.05, 0.1) is 51.1 Å². The van der Waals surface area contributed by atoms with Gasteiger partial charge in [0.1, 0.15) is 0 Å². The number of aromatic nitrogens is 2. The second-order valence-electron chi connectivity index (χ2n) is 13.4. The zero-order valence-electron chi connectivity index (χ0n) is 28.4. The first kappa shape index (κ1) is 33.2. The lowest BCUT2D eigenvalue weighted by Gasteiger charge is -2.24. The maximum atomic E-state index is 15.4. The summed E-state index contributed by atoms with van der Waals surface area (Å²) in [5, 5.41) is 3.34. The SMILES string of the molecule is [C-]#[N+]c1cccc(C(F)(F)F)c1-c1cc(-n2c3ccc(C)cc3c3cc(C)ccc32)c(-n2c3ccc(C)cc3c3cc(C)ccc32)cc1C(F)(F)F. The fourth-order valence-corrected chi connectivity index (χ4v) is 7.55. The molecule has 0 bridgehead atoms. The number of aryl methyl sites for hydroxylation is 4. The maximum absolute atomic E-state index is 15.4. The smallest absolute Gasteiger partial charge is 0.307 e. The highest BCUT2D eigenvalue weighted by atomic mass is 19.4. The number of halogens is 6. The predicted molar refractivity (Wildman–Crippen MR) is 196 cm³/mol. The van der Waals surface area contributed by atoms with Crippen LogP contribution in [0.3, 0.4) is 0 Å². The molecule has 2 aromatic heterocycles. The van der Waals surface area contributed by atoms with E-state index in [1.807, 2.05) is 105 Å². The minimum Gasteiger partial charge on any atom is -0.307 e. The topological polar surface area (TPSA) is 14.2 Å². The van der Waals surface area contributed by atoms with Gasteiger partial charge in [-0.3, -0.25) is 0 Å². The molecule has 6 aromatic carbocycles. The van der Waals surface area contributed by atoms with Crippen LogP contribution in [0.25, 0.3) is 71.0 Å². The summed E-state index contributed by atoms with van der Waals surface area (Å²) in [6, 6.07) is 28.1. The Hall–Kier alpha value is -6.01. The number of hydrogen-bond donors (Lipinski definition) is 0. The van der Waals surface area contributed by atoms with Crippen LogP contribution < -0.4 is 0 Å². The van der Waals surface area contributed by atoms with E-state index in [1.165, 1.54) is 6.07 Å². The van der Waals surface area contributed by atoms with Crippen molar-refractivity contribution in [2.75, 3.05) is 0 Å². The Morgan fingerprint density at radius 2 is 0.865 bits per heavy atom. The van der Waals surface area contributed by atoms with Gasteiger partial charge < -0.3 is 9.13 Å². The highest BCUT2D eigenvalue weighted by molar-refractivity contribution is 6.12. The lowest BCUT2D eigenvalue weighted by molar-refractivity contribution is -0.139. The Labute approximate surface area is 294 Å². The molecule has 0 spiro atoms. The van der Waals surface area contributed by atoms with Gasteiger partial charge >= 0.3 is 12.4 Å². The second kappa shape index (κ2) is 11.5. The van der Waals surface area contributed by atoms with Gasteiger partial charge in [-0.15, -0.1) is 0 Å². The molecule has 0 N–H and O–H groups in total. The summed E-state index contributed by atoms with van der Waals surface area (Å²) in [5.41, 5.74) is 2.14. The quantitative estimate of drug-likeness (QED) is 0.129. The van der Waals surface area contributed by atoms with Gasteiger partial charge in [0.15, 0.2) is 5.69 Å². The van der Waals surface area contributed by atoms with Crippen LogP contribution in [0.1, 0.15) is 33.4 Å². The molecule has 3 nitrogen and oxygen atoms in total. The molecule has 258 valence electrons. The van der Waals surface area contributed by atoms with Crippen LogP contribution in [0.15, 0.2) is 103 Å². The molecular weight excluding hydrogens is 672 g/mol. The number of benzene rings is 6. The molecule has 0 aliphatic rings. The normalized spacial score (nSPS) is 12.4. The Morgan fingerprint density at radius 3 is 1.23 bits per heavy atom. The molecule has 52 heavy (non-hydrogen) atoms. The number of rotatable bonds is 3. The Kier molecular flexibility index (Phi) is 7.33. The fraction of sp³-hybridized carbons (Fsp3) is 0.140. The zero-order chi connectivity index (χ0) is 36.9. The van der Waals surface area contributed by atoms with Gasteiger partial charge in [0.2, 0.25) is 0 Å². The molecule has 0 saturated heterocycles. The van der Waals surface area contributed by atoms with Crippen molar-refractivity contribution in [3.63, 3.8) is 0 Å². The molecule has 9 heteroatoms. The second-order valence-corrected chi connectivity index (χ2v) is 13.4. The summed E-state index contributed by atoms with van der Waals surface area (Å²) in [4.78, 5) is 3.30. The summed E-state index contributed by atoms with van der Waals surface area (Å²) in [5.74, 6) is 0. The van der Waals surface area contributed by atoms with Crippen LogP contribution in [0.2, 0.25) is 0 Å². The Bertz CT molecular complexity index is 2710. The van der Waals surface area contributed by atoms with Gasteiger partial charge in [-0.05, 0) is 93.9 Å². The largest absolute Gasteiger partial charge is 0.417 e. The summed E-state index contributed by atoms with van der Waals surface area (Å²) in [6.45, 7) is 15.5.